The molecule has 2 rings (SSSR count). The van der Waals surface area contributed by atoms with Crippen molar-refractivity contribution in [1.29, 1.82) is 0 Å². The van der Waals surface area contributed by atoms with Crippen LogP contribution in [0.3, 0.4) is 0 Å². The first-order chi connectivity index (χ1) is 9.60. The number of ether oxygens (including phenoxy) is 1. The van der Waals surface area contributed by atoms with Gasteiger partial charge in [-0.3, -0.25) is 0 Å². The van der Waals surface area contributed by atoms with Crippen molar-refractivity contribution in [2.45, 2.75) is 27.0 Å². The Morgan fingerprint density at radius 2 is 1.60 bits per heavy atom. The fourth-order valence-corrected chi connectivity index (χ4v) is 2.67. The Balaban J connectivity index is 2.11. The summed E-state index contributed by atoms with van der Waals surface area (Å²) in [7, 11) is 1.96. The molecule has 3 heteroatoms. The lowest BCUT2D eigenvalue weighted by Gasteiger charge is -2.14. The summed E-state index contributed by atoms with van der Waals surface area (Å²) < 4.78 is 7.25. The zero-order valence-electron chi connectivity index (χ0n) is 12.2. The van der Waals surface area contributed by atoms with Gasteiger partial charge in [0.05, 0.1) is 0 Å². The largest absolute Gasteiger partial charge is 0.488 e. The Labute approximate surface area is 134 Å². The molecule has 0 spiro atoms. The van der Waals surface area contributed by atoms with Crippen LogP contribution in [0.25, 0.3) is 0 Å². The zero-order chi connectivity index (χ0) is 14.5. The van der Waals surface area contributed by atoms with E-state index in [-0.39, 0.29) is 0 Å². The first kappa shape index (κ1) is 15.3. The Morgan fingerprint density at radius 1 is 1.00 bits per heavy atom. The molecule has 2 nitrogen and oxygen atoms in total. The molecule has 0 saturated carbocycles. The van der Waals surface area contributed by atoms with Crippen LogP contribution in [0, 0.1) is 17.4 Å². The van der Waals surface area contributed by atoms with Crippen LogP contribution in [0.2, 0.25) is 0 Å². The Morgan fingerprint density at radius 3 is 2.15 bits per heavy atom. The van der Waals surface area contributed by atoms with Crippen LogP contribution >= 0.6 is 22.6 Å². The smallest absolute Gasteiger partial charge is 0.125 e. The molecule has 2 aromatic rings. The molecule has 106 valence electrons. The lowest BCUT2D eigenvalue weighted by molar-refractivity contribution is 0.302. The van der Waals surface area contributed by atoms with Crippen LogP contribution in [0.15, 0.2) is 36.4 Å². The van der Waals surface area contributed by atoms with Crippen LogP contribution in [0.5, 0.6) is 5.75 Å². The molecule has 0 aliphatic rings. The van der Waals surface area contributed by atoms with E-state index in [9.17, 15) is 0 Å². The third-order valence-electron chi connectivity index (χ3n) is 3.20. The maximum absolute atomic E-state index is 6.00. The summed E-state index contributed by atoms with van der Waals surface area (Å²) in [6.45, 7) is 5.72. The van der Waals surface area contributed by atoms with Crippen molar-refractivity contribution in [2.75, 3.05) is 7.05 Å². The number of benzene rings is 2. The second-order valence-corrected chi connectivity index (χ2v) is 6.25. The van der Waals surface area contributed by atoms with Gasteiger partial charge in [0.25, 0.3) is 0 Å². The number of rotatable bonds is 5. The maximum atomic E-state index is 6.00. The molecule has 0 aliphatic carbocycles. The molecule has 0 aromatic heterocycles. The molecule has 1 N–H and O–H groups in total. The molecule has 0 amide bonds. The fraction of sp³-hybridized carbons (Fsp3) is 0.294. The van der Waals surface area contributed by atoms with Crippen molar-refractivity contribution in [1.82, 2.24) is 5.32 Å². The summed E-state index contributed by atoms with van der Waals surface area (Å²) in [5, 5.41) is 3.18. The van der Waals surface area contributed by atoms with Crippen molar-refractivity contribution < 1.29 is 4.74 Å². The average Bonchev–Trinajstić information content (AvgIpc) is 2.40. The first-order valence-corrected chi connectivity index (χ1v) is 7.80. The van der Waals surface area contributed by atoms with E-state index >= 15 is 0 Å². The van der Waals surface area contributed by atoms with E-state index in [1.807, 2.05) is 7.05 Å². The molecular weight excluding hydrogens is 361 g/mol. The molecule has 0 saturated heterocycles. The molecule has 0 bridgehead atoms. The Hall–Kier alpha value is -1.07. The van der Waals surface area contributed by atoms with Gasteiger partial charge in [-0.1, -0.05) is 24.3 Å². The molecule has 20 heavy (non-hydrogen) atoms. The number of hydrogen-bond donors (Lipinski definition) is 1. The SMILES string of the molecule is CNCc1cc(C)c(OCc2ccc(I)cc2)c(C)c1. The predicted molar refractivity (Wildman–Crippen MR) is 92.2 cm³/mol. The summed E-state index contributed by atoms with van der Waals surface area (Å²) in [6.07, 6.45) is 0. The van der Waals surface area contributed by atoms with Gasteiger partial charge in [-0.15, -0.1) is 0 Å². The highest BCUT2D eigenvalue weighted by atomic mass is 127. The molecule has 0 atom stereocenters. The summed E-state index contributed by atoms with van der Waals surface area (Å²) in [5.41, 5.74) is 4.88. The number of nitrogens with one attached hydrogen (secondary N) is 1. The summed E-state index contributed by atoms with van der Waals surface area (Å²) in [6, 6.07) is 12.8. The quantitative estimate of drug-likeness (QED) is 0.784. The van der Waals surface area contributed by atoms with Gasteiger partial charge in [-0.2, -0.15) is 0 Å². The minimum atomic E-state index is 0.615. The zero-order valence-corrected chi connectivity index (χ0v) is 14.3. The molecule has 0 aliphatic heterocycles. The van der Waals surface area contributed by atoms with E-state index in [4.69, 9.17) is 4.74 Å². The summed E-state index contributed by atoms with van der Waals surface area (Å²) in [5.74, 6) is 1.00. The lowest BCUT2D eigenvalue weighted by atomic mass is 10.1. The van der Waals surface area contributed by atoms with E-state index in [0.717, 1.165) is 12.3 Å². The second-order valence-electron chi connectivity index (χ2n) is 5.00. The Kier molecular flexibility index (Phi) is 5.43. The molecule has 2 aromatic carbocycles. The lowest BCUT2D eigenvalue weighted by Crippen LogP contribution is -2.06. The van der Waals surface area contributed by atoms with Crippen LogP contribution in [-0.2, 0) is 13.2 Å². The van der Waals surface area contributed by atoms with Gasteiger partial charge >= 0.3 is 0 Å². The van der Waals surface area contributed by atoms with Gasteiger partial charge in [-0.25, -0.2) is 0 Å². The monoisotopic (exact) mass is 381 g/mol. The van der Waals surface area contributed by atoms with Crippen LogP contribution in [0.1, 0.15) is 22.3 Å². The summed E-state index contributed by atoms with van der Waals surface area (Å²) >= 11 is 2.31. The van der Waals surface area contributed by atoms with Gasteiger partial charge in [0.15, 0.2) is 0 Å². The molecule has 0 fully saturated rings. The third-order valence-corrected chi connectivity index (χ3v) is 3.92. The second kappa shape index (κ2) is 7.09. The van der Waals surface area contributed by atoms with Crippen molar-refractivity contribution >= 4 is 22.6 Å². The minimum Gasteiger partial charge on any atom is -0.488 e. The number of hydrogen-bond acceptors (Lipinski definition) is 2. The van der Waals surface area contributed by atoms with Crippen LogP contribution < -0.4 is 10.1 Å². The average molecular weight is 381 g/mol. The highest BCUT2D eigenvalue weighted by molar-refractivity contribution is 14.1. The van der Waals surface area contributed by atoms with Crippen LogP contribution in [-0.4, -0.2) is 7.05 Å². The van der Waals surface area contributed by atoms with Gasteiger partial charge in [0.1, 0.15) is 12.4 Å². The summed E-state index contributed by atoms with van der Waals surface area (Å²) in [4.78, 5) is 0. The molecule has 0 unspecified atom stereocenters. The van der Waals surface area contributed by atoms with E-state index in [0.29, 0.717) is 6.61 Å². The molecule has 0 radical (unpaired) electrons. The van der Waals surface area contributed by atoms with Gasteiger partial charge in [0, 0.05) is 10.1 Å². The van der Waals surface area contributed by atoms with Crippen molar-refractivity contribution in [2.24, 2.45) is 0 Å². The molecule has 0 heterocycles. The van der Waals surface area contributed by atoms with E-state index in [1.165, 1.54) is 25.8 Å². The maximum Gasteiger partial charge on any atom is 0.125 e. The van der Waals surface area contributed by atoms with E-state index in [1.54, 1.807) is 0 Å². The molecular formula is C17H20INO. The normalized spacial score (nSPS) is 10.6. The fourth-order valence-electron chi connectivity index (χ4n) is 2.31. The Bertz CT molecular complexity index is 555. The number of halogens is 1. The topological polar surface area (TPSA) is 21.3 Å². The first-order valence-electron chi connectivity index (χ1n) is 6.72. The van der Waals surface area contributed by atoms with Gasteiger partial charge in [0.2, 0.25) is 0 Å². The van der Waals surface area contributed by atoms with Crippen molar-refractivity contribution in [3.8, 4) is 5.75 Å². The number of aryl methyl sites for hydroxylation is 2. The van der Waals surface area contributed by atoms with E-state index < -0.39 is 0 Å². The highest BCUT2D eigenvalue weighted by Crippen LogP contribution is 2.25. The van der Waals surface area contributed by atoms with Crippen molar-refractivity contribution in [3.05, 3.63) is 62.2 Å². The standard InChI is InChI=1S/C17H20INO/c1-12-8-15(10-19-3)9-13(2)17(12)20-11-14-4-6-16(18)7-5-14/h4-9,19H,10-11H2,1-3H3. The highest BCUT2D eigenvalue weighted by Gasteiger charge is 2.06. The third kappa shape index (κ3) is 3.96. The van der Waals surface area contributed by atoms with Gasteiger partial charge < -0.3 is 10.1 Å². The van der Waals surface area contributed by atoms with E-state index in [2.05, 4.69) is 78.2 Å². The van der Waals surface area contributed by atoms with Crippen LogP contribution in [0.4, 0.5) is 0 Å². The predicted octanol–water partition coefficient (Wildman–Crippen LogP) is 4.21. The minimum absolute atomic E-state index is 0.615. The van der Waals surface area contributed by atoms with Gasteiger partial charge in [-0.05, 0) is 77.9 Å². The van der Waals surface area contributed by atoms with Crippen molar-refractivity contribution in [3.63, 3.8) is 0 Å².